The molecule has 0 saturated heterocycles. The number of benzene rings is 2. The predicted molar refractivity (Wildman–Crippen MR) is 131 cm³/mol. The summed E-state index contributed by atoms with van der Waals surface area (Å²) in [7, 11) is 1.41. The van der Waals surface area contributed by atoms with E-state index in [0.29, 0.717) is 27.3 Å². The summed E-state index contributed by atoms with van der Waals surface area (Å²) in [5.74, 6) is -0.317. The van der Waals surface area contributed by atoms with Crippen LogP contribution in [-0.2, 0) is 10.2 Å². The molecule has 0 aliphatic carbocycles. The summed E-state index contributed by atoms with van der Waals surface area (Å²) in [6.07, 6.45) is 0.222. The molecule has 0 amide bonds. The second kappa shape index (κ2) is 9.52. The van der Waals surface area contributed by atoms with Gasteiger partial charge >= 0.3 is 5.97 Å². The molecule has 3 rings (SSSR count). The minimum atomic E-state index is -1.15. The molecule has 3 aromatic rings. The molecule has 174 valence electrons. The molecule has 1 heterocycles. The quantitative estimate of drug-likeness (QED) is 0.452. The average Bonchev–Trinajstić information content (AvgIpc) is 2.73. The van der Waals surface area contributed by atoms with E-state index in [1.807, 2.05) is 26.8 Å². The van der Waals surface area contributed by atoms with Gasteiger partial charge in [-0.1, -0.05) is 48.3 Å². The zero-order valence-electron chi connectivity index (χ0n) is 18.7. The van der Waals surface area contributed by atoms with Crippen molar-refractivity contribution in [3.63, 3.8) is 0 Å². The SMILES string of the molecule is COc1cc(Cl)cc(C=Nn2c(C(C)(C)C)nc3ccc(Br)cc3c2=O)c1O[C@H](C)C(=O)O. The molecule has 0 unspecified atom stereocenters. The molecular weight excluding hydrogens is 514 g/mol. The zero-order valence-corrected chi connectivity index (χ0v) is 21.1. The molecule has 1 aromatic heterocycles. The fourth-order valence-corrected chi connectivity index (χ4v) is 3.63. The van der Waals surface area contributed by atoms with Gasteiger partial charge in [-0.25, -0.2) is 9.78 Å². The lowest BCUT2D eigenvalue weighted by Gasteiger charge is -2.21. The third-order valence-corrected chi connectivity index (χ3v) is 5.41. The maximum absolute atomic E-state index is 13.3. The van der Waals surface area contributed by atoms with Crippen molar-refractivity contribution in [2.45, 2.75) is 39.2 Å². The predicted octanol–water partition coefficient (Wildman–Crippen LogP) is 4.85. The van der Waals surface area contributed by atoms with Gasteiger partial charge in [-0.2, -0.15) is 9.78 Å². The molecule has 0 saturated carbocycles. The lowest BCUT2D eigenvalue weighted by Crippen LogP contribution is -2.29. The fourth-order valence-electron chi connectivity index (χ4n) is 3.05. The van der Waals surface area contributed by atoms with Crippen LogP contribution in [0.25, 0.3) is 10.9 Å². The first-order valence-corrected chi connectivity index (χ1v) is 11.1. The van der Waals surface area contributed by atoms with E-state index in [1.165, 1.54) is 31.0 Å². The van der Waals surface area contributed by atoms with Crippen molar-refractivity contribution in [1.29, 1.82) is 0 Å². The van der Waals surface area contributed by atoms with Gasteiger partial charge in [0.05, 0.1) is 24.2 Å². The van der Waals surface area contributed by atoms with Crippen LogP contribution in [0.15, 0.2) is 44.7 Å². The summed E-state index contributed by atoms with van der Waals surface area (Å²) in [4.78, 5) is 29.3. The lowest BCUT2D eigenvalue weighted by molar-refractivity contribution is -0.144. The Hall–Kier alpha value is -2.91. The van der Waals surface area contributed by atoms with Crippen LogP contribution in [-0.4, -0.2) is 40.2 Å². The molecule has 1 atom stereocenters. The summed E-state index contributed by atoms with van der Waals surface area (Å²) in [5, 5.41) is 14.4. The average molecular weight is 537 g/mol. The summed E-state index contributed by atoms with van der Waals surface area (Å²) >= 11 is 9.60. The Labute approximate surface area is 203 Å². The summed E-state index contributed by atoms with van der Waals surface area (Å²) in [6, 6.07) is 8.33. The van der Waals surface area contributed by atoms with E-state index >= 15 is 0 Å². The number of nitrogens with zero attached hydrogens (tertiary/aromatic N) is 3. The minimum absolute atomic E-state index is 0.141. The Morgan fingerprint density at radius 3 is 2.61 bits per heavy atom. The highest BCUT2D eigenvalue weighted by molar-refractivity contribution is 9.10. The van der Waals surface area contributed by atoms with Crippen molar-refractivity contribution < 1.29 is 19.4 Å². The Morgan fingerprint density at radius 2 is 2.00 bits per heavy atom. The number of aromatic nitrogens is 2. The van der Waals surface area contributed by atoms with Crippen molar-refractivity contribution in [3.05, 3.63) is 61.6 Å². The van der Waals surface area contributed by atoms with Crippen LogP contribution in [0.3, 0.4) is 0 Å². The van der Waals surface area contributed by atoms with E-state index in [4.69, 9.17) is 21.1 Å². The molecule has 0 spiro atoms. The molecule has 0 bridgehead atoms. The number of carbonyl (C=O) groups is 1. The number of ether oxygens (including phenoxy) is 2. The molecule has 8 nitrogen and oxygen atoms in total. The molecule has 0 aliphatic rings. The van der Waals surface area contributed by atoms with Crippen molar-refractivity contribution in [2.75, 3.05) is 7.11 Å². The van der Waals surface area contributed by atoms with Gasteiger partial charge in [-0.3, -0.25) is 4.79 Å². The van der Waals surface area contributed by atoms with E-state index in [9.17, 15) is 14.7 Å². The van der Waals surface area contributed by atoms with E-state index in [0.717, 1.165) is 4.47 Å². The minimum Gasteiger partial charge on any atom is -0.493 e. The highest BCUT2D eigenvalue weighted by Crippen LogP contribution is 2.35. The van der Waals surface area contributed by atoms with Gasteiger partial charge in [-0.05, 0) is 31.2 Å². The van der Waals surface area contributed by atoms with Gasteiger partial charge < -0.3 is 14.6 Å². The first-order valence-electron chi connectivity index (χ1n) is 9.96. The second-order valence-electron chi connectivity index (χ2n) is 8.33. The fraction of sp³-hybridized carbons (Fsp3) is 0.304. The largest absolute Gasteiger partial charge is 0.493 e. The van der Waals surface area contributed by atoms with Gasteiger partial charge in [-0.15, -0.1) is 0 Å². The number of carboxylic acid groups (broad SMARTS) is 1. The van der Waals surface area contributed by atoms with Crippen LogP contribution in [0.1, 0.15) is 39.1 Å². The Kier molecular flexibility index (Phi) is 7.14. The second-order valence-corrected chi connectivity index (χ2v) is 9.69. The molecule has 0 fully saturated rings. The van der Waals surface area contributed by atoms with Crippen molar-refractivity contribution in [1.82, 2.24) is 9.66 Å². The summed E-state index contributed by atoms with van der Waals surface area (Å²) in [6.45, 7) is 7.18. The van der Waals surface area contributed by atoms with Gasteiger partial charge in [0.2, 0.25) is 0 Å². The van der Waals surface area contributed by atoms with Crippen molar-refractivity contribution >= 4 is 50.6 Å². The van der Waals surface area contributed by atoms with Crippen LogP contribution < -0.4 is 15.0 Å². The first-order chi connectivity index (χ1) is 15.4. The van der Waals surface area contributed by atoms with Crippen molar-refractivity contribution in [3.8, 4) is 11.5 Å². The standard InChI is InChI=1S/C23H23BrClN3O5/c1-12(21(30)31)33-19-13(8-15(25)10-18(19)32-5)11-26-28-20(29)16-9-14(24)6-7-17(16)27-22(28)23(2,3)4/h6-12H,1-5H3,(H,30,31)/t12-/m1/s1. The smallest absolute Gasteiger partial charge is 0.344 e. The third kappa shape index (κ3) is 5.36. The number of hydrogen-bond donors (Lipinski definition) is 1. The highest BCUT2D eigenvalue weighted by Gasteiger charge is 2.24. The van der Waals surface area contributed by atoms with Crippen LogP contribution in [0, 0.1) is 0 Å². The summed E-state index contributed by atoms with van der Waals surface area (Å²) in [5.41, 5.74) is 0.0516. The maximum Gasteiger partial charge on any atom is 0.344 e. The van der Waals surface area contributed by atoms with E-state index in [1.54, 1.807) is 18.2 Å². The Balaban J connectivity index is 2.24. The van der Waals surface area contributed by atoms with Crippen LogP contribution >= 0.6 is 27.5 Å². The van der Waals surface area contributed by atoms with E-state index in [2.05, 4.69) is 26.0 Å². The maximum atomic E-state index is 13.3. The molecule has 10 heteroatoms. The molecule has 0 aliphatic heterocycles. The van der Waals surface area contributed by atoms with Crippen LogP contribution in [0.2, 0.25) is 5.02 Å². The molecule has 1 N–H and O–H groups in total. The monoisotopic (exact) mass is 535 g/mol. The number of hydrogen-bond acceptors (Lipinski definition) is 6. The molecular formula is C23H23BrClN3O5. The summed E-state index contributed by atoms with van der Waals surface area (Å²) < 4.78 is 12.9. The third-order valence-electron chi connectivity index (χ3n) is 4.70. The van der Waals surface area contributed by atoms with Crippen molar-refractivity contribution in [2.24, 2.45) is 5.10 Å². The van der Waals surface area contributed by atoms with Gasteiger partial charge in [0.25, 0.3) is 5.56 Å². The topological polar surface area (TPSA) is 103 Å². The zero-order chi connectivity index (χ0) is 24.5. The van der Waals surface area contributed by atoms with Crippen LogP contribution in [0.5, 0.6) is 11.5 Å². The van der Waals surface area contributed by atoms with Gasteiger partial charge in [0, 0.05) is 26.5 Å². The van der Waals surface area contributed by atoms with E-state index < -0.39 is 17.5 Å². The number of aliphatic carboxylic acids is 1. The molecule has 33 heavy (non-hydrogen) atoms. The van der Waals surface area contributed by atoms with Gasteiger partial charge in [0.15, 0.2) is 17.6 Å². The Morgan fingerprint density at radius 1 is 1.30 bits per heavy atom. The number of rotatable bonds is 6. The normalized spacial score (nSPS) is 12.8. The highest BCUT2D eigenvalue weighted by atomic mass is 79.9. The first kappa shape index (κ1) is 24.7. The number of carboxylic acids is 1. The van der Waals surface area contributed by atoms with Gasteiger partial charge in [0.1, 0.15) is 5.82 Å². The molecule has 0 radical (unpaired) electrons. The lowest BCUT2D eigenvalue weighted by atomic mass is 9.95. The number of methoxy groups -OCH3 is 1. The Bertz CT molecular complexity index is 1310. The number of fused-ring (bicyclic) bond motifs is 1. The molecule has 2 aromatic carbocycles. The van der Waals surface area contributed by atoms with E-state index in [-0.39, 0.29) is 17.1 Å². The number of halogens is 2. The van der Waals surface area contributed by atoms with Crippen LogP contribution in [0.4, 0.5) is 0 Å².